The Labute approximate surface area is 198 Å². The Morgan fingerprint density at radius 2 is 1.76 bits per heavy atom. The summed E-state index contributed by atoms with van der Waals surface area (Å²) in [5.41, 5.74) is 0.798. The molecule has 2 aliphatic rings. The molecule has 5 rings (SSSR count). The van der Waals surface area contributed by atoms with Crippen molar-refractivity contribution in [3.63, 3.8) is 0 Å². The van der Waals surface area contributed by atoms with Gasteiger partial charge >= 0.3 is 0 Å². The largest absolute Gasteiger partial charge is 0.474 e. The quantitative estimate of drug-likeness (QED) is 0.491. The summed E-state index contributed by atoms with van der Waals surface area (Å²) in [6.07, 6.45) is 3.35. The van der Waals surface area contributed by atoms with E-state index in [0.717, 1.165) is 29.8 Å². The Bertz CT molecular complexity index is 1230. The van der Waals surface area contributed by atoms with E-state index in [4.69, 9.17) is 14.5 Å². The lowest BCUT2D eigenvalue weighted by atomic mass is 9.93. The number of nitrogens with zero attached hydrogens (tertiary/aromatic N) is 4. The van der Waals surface area contributed by atoms with E-state index in [2.05, 4.69) is 9.88 Å². The molecule has 0 amide bonds. The Balaban J connectivity index is 1.29. The molecule has 0 atom stereocenters. The van der Waals surface area contributed by atoms with Crippen molar-refractivity contribution in [3.8, 4) is 5.88 Å². The first-order valence-electron chi connectivity index (χ1n) is 11.5. The maximum Gasteiger partial charge on any atom is 0.269 e. The molecular formula is C24H27FN4O4S. The smallest absolute Gasteiger partial charge is 0.269 e. The number of hydrogen-bond acceptors (Lipinski definition) is 7. The molecule has 3 heterocycles. The molecule has 0 spiro atoms. The number of sulfonamides is 1. The summed E-state index contributed by atoms with van der Waals surface area (Å²) in [6.45, 7) is 2.79. The summed E-state index contributed by atoms with van der Waals surface area (Å²) in [4.78, 5) is 11.4. The number of aromatic nitrogens is 2. The molecule has 180 valence electrons. The van der Waals surface area contributed by atoms with Crippen molar-refractivity contribution in [2.45, 2.75) is 42.7 Å². The van der Waals surface area contributed by atoms with Gasteiger partial charge in [-0.2, -0.15) is 4.98 Å². The molecule has 0 N–H and O–H groups in total. The van der Waals surface area contributed by atoms with E-state index in [-0.39, 0.29) is 15.5 Å². The highest BCUT2D eigenvalue weighted by atomic mass is 32.2. The molecule has 1 aromatic carbocycles. The Kier molecular flexibility index (Phi) is 6.62. The van der Waals surface area contributed by atoms with Crippen molar-refractivity contribution in [2.75, 3.05) is 31.2 Å². The van der Waals surface area contributed by atoms with Gasteiger partial charge in [-0.3, -0.25) is 4.98 Å². The normalized spacial score (nSPS) is 21.6. The summed E-state index contributed by atoms with van der Waals surface area (Å²) in [5.74, 6) is 1.30. The van der Waals surface area contributed by atoms with Crippen LogP contribution < -0.4 is 9.64 Å². The van der Waals surface area contributed by atoms with Crippen LogP contribution >= 0.6 is 0 Å². The lowest BCUT2D eigenvalue weighted by Gasteiger charge is -2.32. The van der Waals surface area contributed by atoms with Gasteiger partial charge in [-0.25, -0.2) is 8.42 Å². The van der Waals surface area contributed by atoms with Crippen molar-refractivity contribution in [1.29, 1.82) is 0 Å². The van der Waals surface area contributed by atoms with Crippen molar-refractivity contribution < 1.29 is 22.4 Å². The molecule has 10 heteroatoms. The monoisotopic (exact) mass is 486 g/mol. The van der Waals surface area contributed by atoms with Gasteiger partial charge in [0.1, 0.15) is 11.9 Å². The van der Waals surface area contributed by atoms with E-state index in [1.54, 1.807) is 24.4 Å². The minimum atomic E-state index is -4.17. The first-order valence-corrected chi connectivity index (χ1v) is 13.0. The SMILES string of the molecule is O=S(=O)(c1ccccc1)N(F)C1CCC(Oc2nc(N3CCOCC3)cc3ncccc23)CC1. The van der Waals surface area contributed by atoms with Gasteiger partial charge < -0.3 is 14.4 Å². The zero-order valence-electron chi connectivity index (χ0n) is 18.7. The predicted octanol–water partition coefficient (Wildman–Crippen LogP) is 3.73. The number of morpholine rings is 1. The summed E-state index contributed by atoms with van der Waals surface area (Å²) in [5, 5.41) is 0.820. The lowest BCUT2D eigenvalue weighted by Crippen LogP contribution is -2.39. The Morgan fingerprint density at radius 1 is 1.03 bits per heavy atom. The zero-order chi connectivity index (χ0) is 23.5. The van der Waals surface area contributed by atoms with Crippen LogP contribution in [0.4, 0.5) is 10.3 Å². The Morgan fingerprint density at radius 3 is 2.50 bits per heavy atom. The molecule has 2 aromatic heterocycles. The highest BCUT2D eigenvalue weighted by Gasteiger charge is 2.35. The fraction of sp³-hybridized carbons (Fsp3) is 0.417. The highest BCUT2D eigenvalue weighted by molar-refractivity contribution is 7.89. The molecule has 8 nitrogen and oxygen atoms in total. The van der Waals surface area contributed by atoms with Crippen LogP contribution in [-0.2, 0) is 14.8 Å². The van der Waals surface area contributed by atoms with Gasteiger partial charge in [-0.05, 0) is 54.5 Å². The number of fused-ring (bicyclic) bond motifs is 1. The number of pyridine rings is 2. The molecule has 1 saturated heterocycles. The van der Waals surface area contributed by atoms with Crippen LogP contribution in [0.25, 0.3) is 10.9 Å². The van der Waals surface area contributed by atoms with Crippen LogP contribution in [0.1, 0.15) is 25.7 Å². The highest BCUT2D eigenvalue weighted by Crippen LogP contribution is 2.33. The molecule has 1 aliphatic heterocycles. The second-order valence-corrected chi connectivity index (χ2v) is 10.3. The van der Waals surface area contributed by atoms with Crippen molar-refractivity contribution >= 4 is 26.7 Å². The van der Waals surface area contributed by atoms with Gasteiger partial charge in [0.05, 0.1) is 35.1 Å². The average molecular weight is 487 g/mol. The maximum absolute atomic E-state index is 14.9. The van der Waals surface area contributed by atoms with Crippen LogP contribution in [0.15, 0.2) is 59.6 Å². The molecule has 0 unspecified atom stereocenters. The number of hydrogen-bond donors (Lipinski definition) is 0. The van der Waals surface area contributed by atoms with E-state index >= 15 is 0 Å². The molecule has 1 aliphatic carbocycles. The number of halogens is 1. The van der Waals surface area contributed by atoms with Gasteiger partial charge in [0, 0.05) is 25.4 Å². The minimum Gasteiger partial charge on any atom is -0.474 e. The van der Waals surface area contributed by atoms with Crippen LogP contribution in [0.3, 0.4) is 0 Å². The molecule has 2 fully saturated rings. The van der Waals surface area contributed by atoms with E-state index in [1.807, 2.05) is 18.2 Å². The van der Waals surface area contributed by atoms with Crippen LogP contribution in [0.5, 0.6) is 5.88 Å². The summed E-state index contributed by atoms with van der Waals surface area (Å²) >= 11 is 0. The van der Waals surface area contributed by atoms with E-state index in [0.29, 0.717) is 44.8 Å². The van der Waals surface area contributed by atoms with E-state index in [1.165, 1.54) is 12.1 Å². The molecule has 0 bridgehead atoms. The average Bonchev–Trinajstić information content (AvgIpc) is 2.89. The number of ether oxygens (including phenoxy) is 2. The third-order valence-electron chi connectivity index (χ3n) is 6.37. The van der Waals surface area contributed by atoms with Crippen LogP contribution in [-0.4, -0.2) is 61.4 Å². The second-order valence-electron chi connectivity index (χ2n) is 8.56. The molecule has 1 saturated carbocycles. The van der Waals surface area contributed by atoms with Gasteiger partial charge in [0.15, 0.2) is 0 Å². The van der Waals surface area contributed by atoms with Gasteiger partial charge in [-0.1, -0.05) is 18.2 Å². The number of benzene rings is 1. The molecule has 3 aromatic rings. The topological polar surface area (TPSA) is 84.9 Å². The second kappa shape index (κ2) is 9.81. The Hall–Kier alpha value is -2.82. The van der Waals surface area contributed by atoms with Crippen molar-refractivity contribution in [3.05, 3.63) is 54.7 Å². The fourth-order valence-corrected chi connectivity index (χ4v) is 5.80. The van der Waals surface area contributed by atoms with Crippen molar-refractivity contribution in [2.24, 2.45) is 0 Å². The molecule has 34 heavy (non-hydrogen) atoms. The van der Waals surface area contributed by atoms with Gasteiger partial charge in [-0.15, -0.1) is 4.48 Å². The van der Waals surface area contributed by atoms with E-state index < -0.39 is 16.1 Å². The van der Waals surface area contributed by atoms with Crippen LogP contribution in [0.2, 0.25) is 0 Å². The summed E-state index contributed by atoms with van der Waals surface area (Å²) in [6, 6.07) is 12.7. The van der Waals surface area contributed by atoms with Crippen molar-refractivity contribution in [1.82, 2.24) is 14.5 Å². The number of rotatable bonds is 6. The molecule has 0 radical (unpaired) electrons. The summed E-state index contributed by atoms with van der Waals surface area (Å²) in [7, 11) is -4.17. The maximum atomic E-state index is 14.9. The lowest BCUT2D eigenvalue weighted by molar-refractivity contribution is 0.0353. The first-order chi connectivity index (χ1) is 16.5. The predicted molar refractivity (Wildman–Crippen MR) is 126 cm³/mol. The molecular weight excluding hydrogens is 459 g/mol. The number of anilines is 1. The third kappa shape index (κ3) is 4.70. The van der Waals surface area contributed by atoms with Gasteiger partial charge in [0.2, 0.25) is 5.88 Å². The zero-order valence-corrected chi connectivity index (χ0v) is 19.5. The van der Waals surface area contributed by atoms with Crippen LogP contribution in [0, 0.1) is 0 Å². The fourth-order valence-electron chi connectivity index (χ4n) is 4.49. The standard InChI is InChI=1S/C24H27FN4O4S/c25-29(34(30,31)20-5-2-1-3-6-20)18-8-10-19(11-9-18)33-24-21-7-4-12-26-22(21)17-23(27-24)28-13-15-32-16-14-28/h1-7,12,17-19H,8-11,13-16H2. The van der Waals surface area contributed by atoms with Gasteiger partial charge in [0.25, 0.3) is 10.0 Å². The third-order valence-corrected chi connectivity index (χ3v) is 7.99. The minimum absolute atomic E-state index is 0.0230. The van der Waals surface area contributed by atoms with E-state index in [9.17, 15) is 12.9 Å². The summed E-state index contributed by atoms with van der Waals surface area (Å²) < 4.78 is 52.0. The first kappa shape index (κ1) is 22.9.